The summed E-state index contributed by atoms with van der Waals surface area (Å²) in [7, 11) is 0. The SMILES string of the molecule is Cc1ccc(N2CCC(C(=O)Nc3ccccc3Cl)CC2)nn1. The zero-order chi connectivity index (χ0) is 16.2. The monoisotopic (exact) mass is 330 g/mol. The van der Waals surface area contributed by atoms with Crippen molar-refractivity contribution in [3.63, 3.8) is 0 Å². The van der Waals surface area contributed by atoms with Gasteiger partial charge in [0.05, 0.1) is 16.4 Å². The molecule has 1 N–H and O–H groups in total. The molecule has 0 unspecified atom stereocenters. The molecular formula is C17H19ClN4O. The summed E-state index contributed by atoms with van der Waals surface area (Å²) in [6.07, 6.45) is 1.59. The molecule has 5 nitrogen and oxygen atoms in total. The average Bonchev–Trinajstić information content (AvgIpc) is 2.58. The first-order valence-corrected chi connectivity index (χ1v) is 8.12. The third kappa shape index (κ3) is 3.79. The Hall–Kier alpha value is -2.14. The van der Waals surface area contributed by atoms with E-state index in [1.54, 1.807) is 6.07 Å². The van der Waals surface area contributed by atoms with E-state index in [-0.39, 0.29) is 11.8 Å². The van der Waals surface area contributed by atoms with Gasteiger partial charge in [-0.25, -0.2) is 0 Å². The van der Waals surface area contributed by atoms with Crippen molar-refractivity contribution in [3.05, 3.63) is 47.1 Å². The van der Waals surface area contributed by atoms with Crippen LogP contribution in [0.1, 0.15) is 18.5 Å². The fourth-order valence-electron chi connectivity index (χ4n) is 2.73. The van der Waals surface area contributed by atoms with Crippen LogP contribution in [0.15, 0.2) is 36.4 Å². The highest BCUT2D eigenvalue weighted by molar-refractivity contribution is 6.33. The standard InChI is InChI=1S/C17H19ClN4O/c1-12-6-7-16(21-20-12)22-10-8-13(9-11-22)17(23)19-15-5-3-2-4-14(15)18/h2-7,13H,8-11H2,1H3,(H,19,23). The Morgan fingerprint density at radius 2 is 1.91 bits per heavy atom. The highest BCUT2D eigenvalue weighted by Crippen LogP contribution is 2.25. The molecule has 3 rings (SSSR count). The van der Waals surface area contributed by atoms with E-state index in [0.717, 1.165) is 37.4 Å². The number of aryl methyl sites for hydroxylation is 1. The Labute approximate surface area is 140 Å². The molecule has 0 saturated carbocycles. The van der Waals surface area contributed by atoms with Crippen molar-refractivity contribution < 1.29 is 4.79 Å². The van der Waals surface area contributed by atoms with Crippen molar-refractivity contribution >= 4 is 29.0 Å². The van der Waals surface area contributed by atoms with Gasteiger partial charge in [0.15, 0.2) is 5.82 Å². The number of hydrogen-bond donors (Lipinski definition) is 1. The molecule has 2 aromatic rings. The van der Waals surface area contributed by atoms with E-state index in [1.807, 2.05) is 37.3 Å². The van der Waals surface area contributed by atoms with Gasteiger partial charge in [-0.2, -0.15) is 5.10 Å². The van der Waals surface area contributed by atoms with Gasteiger partial charge in [0.2, 0.25) is 5.91 Å². The van der Waals surface area contributed by atoms with Gasteiger partial charge in [-0.3, -0.25) is 4.79 Å². The summed E-state index contributed by atoms with van der Waals surface area (Å²) >= 11 is 6.09. The Morgan fingerprint density at radius 3 is 2.57 bits per heavy atom. The van der Waals surface area contributed by atoms with Crippen LogP contribution < -0.4 is 10.2 Å². The van der Waals surface area contributed by atoms with E-state index in [2.05, 4.69) is 20.4 Å². The number of amides is 1. The van der Waals surface area contributed by atoms with Crippen LogP contribution in [-0.2, 0) is 4.79 Å². The van der Waals surface area contributed by atoms with Gasteiger partial charge in [-0.1, -0.05) is 23.7 Å². The predicted molar refractivity (Wildman–Crippen MR) is 91.8 cm³/mol. The van der Waals surface area contributed by atoms with Crippen LogP contribution in [-0.4, -0.2) is 29.2 Å². The second-order valence-electron chi connectivity index (χ2n) is 5.76. The van der Waals surface area contributed by atoms with E-state index in [1.165, 1.54) is 0 Å². The molecule has 23 heavy (non-hydrogen) atoms. The molecule has 6 heteroatoms. The van der Waals surface area contributed by atoms with Crippen LogP contribution in [0.3, 0.4) is 0 Å². The lowest BCUT2D eigenvalue weighted by Crippen LogP contribution is -2.38. The van der Waals surface area contributed by atoms with Gasteiger partial charge in [0.25, 0.3) is 0 Å². The van der Waals surface area contributed by atoms with Crippen molar-refractivity contribution in [3.8, 4) is 0 Å². The van der Waals surface area contributed by atoms with Crippen molar-refractivity contribution in [2.24, 2.45) is 5.92 Å². The summed E-state index contributed by atoms with van der Waals surface area (Å²) in [6, 6.07) is 11.2. The topological polar surface area (TPSA) is 58.1 Å². The van der Waals surface area contributed by atoms with Gasteiger partial charge in [-0.05, 0) is 44.0 Å². The Balaban J connectivity index is 1.57. The molecule has 120 valence electrons. The summed E-state index contributed by atoms with van der Waals surface area (Å²) in [5.74, 6) is 0.911. The van der Waals surface area contributed by atoms with Crippen LogP contribution in [0.4, 0.5) is 11.5 Å². The molecule has 1 fully saturated rings. The minimum atomic E-state index is 0.000861. The number of rotatable bonds is 3. The second kappa shape index (κ2) is 6.96. The number of benzene rings is 1. The fourth-order valence-corrected chi connectivity index (χ4v) is 2.91. The lowest BCUT2D eigenvalue weighted by Gasteiger charge is -2.31. The lowest BCUT2D eigenvalue weighted by molar-refractivity contribution is -0.120. The Kier molecular flexibility index (Phi) is 4.76. The zero-order valence-electron chi connectivity index (χ0n) is 13.0. The molecule has 0 bridgehead atoms. The highest BCUT2D eigenvalue weighted by atomic mass is 35.5. The van der Waals surface area contributed by atoms with Crippen molar-refractivity contribution in [1.29, 1.82) is 0 Å². The van der Waals surface area contributed by atoms with Crippen molar-refractivity contribution in [1.82, 2.24) is 10.2 Å². The van der Waals surface area contributed by atoms with Gasteiger partial charge in [0.1, 0.15) is 0 Å². The van der Waals surface area contributed by atoms with Crippen molar-refractivity contribution in [2.75, 3.05) is 23.3 Å². The maximum Gasteiger partial charge on any atom is 0.227 e. The first-order chi connectivity index (χ1) is 11.1. The minimum Gasteiger partial charge on any atom is -0.355 e. The number of carbonyl (C=O) groups excluding carboxylic acids is 1. The summed E-state index contributed by atoms with van der Waals surface area (Å²) < 4.78 is 0. The number of piperidine rings is 1. The maximum absolute atomic E-state index is 12.4. The average molecular weight is 331 g/mol. The minimum absolute atomic E-state index is 0.000861. The zero-order valence-corrected chi connectivity index (χ0v) is 13.8. The number of halogens is 1. The predicted octanol–water partition coefficient (Wildman–Crippen LogP) is 3.29. The molecule has 1 aromatic heterocycles. The first kappa shape index (κ1) is 15.7. The molecule has 0 aliphatic carbocycles. The summed E-state index contributed by atoms with van der Waals surface area (Å²) in [5.41, 5.74) is 1.58. The number of anilines is 2. The quantitative estimate of drug-likeness (QED) is 0.938. The normalized spacial score (nSPS) is 15.5. The molecular weight excluding hydrogens is 312 g/mol. The van der Waals surface area contributed by atoms with Gasteiger partial charge in [-0.15, -0.1) is 5.10 Å². The van der Waals surface area contributed by atoms with Gasteiger partial charge < -0.3 is 10.2 Å². The molecule has 2 heterocycles. The molecule has 0 radical (unpaired) electrons. The van der Waals surface area contributed by atoms with Gasteiger partial charge >= 0.3 is 0 Å². The summed E-state index contributed by atoms with van der Waals surface area (Å²) in [5, 5.41) is 11.8. The van der Waals surface area contributed by atoms with Gasteiger partial charge in [0, 0.05) is 19.0 Å². The second-order valence-corrected chi connectivity index (χ2v) is 6.17. The van der Waals surface area contributed by atoms with Crippen molar-refractivity contribution in [2.45, 2.75) is 19.8 Å². The molecule has 1 aliphatic heterocycles. The van der Waals surface area contributed by atoms with E-state index >= 15 is 0 Å². The highest BCUT2D eigenvalue weighted by Gasteiger charge is 2.26. The number of carbonyl (C=O) groups is 1. The number of nitrogens with one attached hydrogen (secondary N) is 1. The number of aromatic nitrogens is 2. The Bertz CT molecular complexity index is 681. The molecule has 0 spiro atoms. The number of hydrogen-bond acceptors (Lipinski definition) is 4. The third-order valence-corrected chi connectivity index (χ3v) is 4.43. The number of para-hydroxylation sites is 1. The largest absolute Gasteiger partial charge is 0.355 e. The van der Waals surface area contributed by atoms with Crippen LogP contribution in [0.5, 0.6) is 0 Å². The first-order valence-electron chi connectivity index (χ1n) is 7.74. The van der Waals surface area contributed by atoms with Crippen LogP contribution in [0.2, 0.25) is 5.02 Å². The van der Waals surface area contributed by atoms with E-state index in [0.29, 0.717) is 10.7 Å². The van der Waals surface area contributed by atoms with Crippen LogP contribution in [0.25, 0.3) is 0 Å². The maximum atomic E-state index is 12.4. The molecule has 1 aromatic carbocycles. The van der Waals surface area contributed by atoms with Crippen LogP contribution >= 0.6 is 11.6 Å². The lowest BCUT2D eigenvalue weighted by atomic mass is 9.96. The summed E-state index contributed by atoms with van der Waals surface area (Å²) in [4.78, 5) is 14.6. The van der Waals surface area contributed by atoms with E-state index < -0.39 is 0 Å². The van der Waals surface area contributed by atoms with Crippen LogP contribution in [0, 0.1) is 12.8 Å². The van der Waals surface area contributed by atoms with E-state index in [4.69, 9.17) is 11.6 Å². The van der Waals surface area contributed by atoms with E-state index in [9.17, 15) is 4.79 Å². The molecule has 1 amide bonds. The summed E-state index contributed by atoms with van der Waals surface area (Å²) in [6.45, 7) is 3.53. The molecule has 1 saturated heterocycles. The Morgan fingerprint density at radius 1 is 1.17 bits per heavy atom. The molecule has 0 atom stereocenters. The fraction of sp³-hybridized carbons (Fsp3) is 0.353. The number of nitrogens with zero attached hydrogens (tertiary/aromatic N) is 3. The third-order valence-electron chi connectivity index (χ3n) is 4.11. The molecule has 1 aliphatic rings. The smallest absolute Gasteiger partial charge is 0.227 e.